The maximum atomic E-state index is 12.1. The Morgan fingerprint density at radius 2 is 1.95 bits per heavy atom. The van der Waals surface area contributed by atoms with Gasteiger partial charge in [-0.25, -0.2) is 0 Å². The van der Waals surface area contributed by atoms with Gasteiger partial charge < -0.3 is 4.57 Å². The number of hydrogen-bond acceptors (Lipinski definition) is 5. The minimum atomic E-state index is -3.68. The van der Waals surface area contributed by atoms with Gasteiger partial charge in [0, 0.05) is 7.05 Å². The Kier molecular flexibility index (Phi) is 3.78. The molecule has 0 bridgehead atoms. The van der Waals surface area contributed by atoms with Crippen LogP contribution in [0.15, 0.2) is 45.7 Å². The number of aromatic nitrogens is 1. The number of halogens is 1. The van der Waals surface area contributed by atoms with E-state index < -0.39 is 10.0 Å². The molecule has 0 saturated heterocycles. The van der Waals surface area contributed by atoms with Crippen molar-refractivity contribution in [2.75, 3.05) is 0 Å². The molecule has 0 atom stereocenters. The molecule has 2 aromatic heterocycles. The predicted molar refractivity (Wildman–Crippen MR) is 86.0 cm³/mol. The van der Waals surface area contributed by atoms with Crippen molar-refractivity contribution >= 4 is 54.5 Å². The minimum Gasteiger partial charge on any atom is -0.318 e. The highest BCUT2D eigenvalue weighted by atomic mass is 35.5. The summed E-state index contributed by atoms with van der Waals surface area (Å²) in [6.07, 6.45) is 0. The van der Waals surface area contributed by atoms with E-state index in [1.54, 1.807) is 6.07 Å². The normalized spacial score (nSPS) is 13.0. The van der Waals surface area contributed by atoms with E-state index in [2.05, 4.69) is 9.93 Å². The number of aryl methyl sites for hydroxylation is 1. The first-order chi connectivity index (χ1) is 9.97. The summed E-state index contributed by atoms with van der Waals surface area (Å²) in [4.78, 5) is 2.82. The molecule has 0 fully saturated rings. The van der Waals surface area contributed by atoms with Crippen LogP contribution in [0.3, 0.4) is 0 Å². The van der Waals surface area contributed by atoms with Gasteiger partial charge in [-0.15, -0.1) is 16.4 Å². The first-order valence-electron chi connectivity index (χ1n) is 5.83. The lowest BCUT2D eigenvalue weighted by molar-refractivity contribution is 0.584. The van der Waals surface area contributed by atoms with Crippen LogP contribution in [0, 0.1) is 0 Å². The third kappa shape index (κ3) is 2.84. The number of sulfonamides is 1. The number of para-hydroxylation sites is 1. The van der Waals surface area contributed by atoms with Gasteiger partial charge in [0.2, 0.25) is 4.80 Å². The summed E-state index contributed by atoms with van der Waals surface area (Å²) in [5.74, 6) is 0. The molecule has 0 spiro atoms. The summed E-state index contributed by atoms with van der Waals surface area (Å²) in [5, 5.41) is 4.01. The second-order valence-electron chi connectivity index (χ2n) is 4.18. The van der Waals surface area contributed by atoms with E-state index in [4.69, 9.17) is 11.6 Å². The average Bonchev–Trinajstić information content (AvgIpc) is 3.02. The minimum absolute atomic E-state index is 0.139. The zero-order valence-corrected chi connectivity index (χ0v) is 14.0. The summed E-state index contributed by atoms with van der Waals surface area (Å²) < 4.78 is 27.6. The molecule has 2 heterocycles. The number of fused-ring (bicyclic) bond motifs is 1. The van der Waals surface area contributed by atoms with Crippen LogP contribution in [0.4, 0.5) is 0 Å². The lowest BCUT2D eigenvalue weighted by Crippen LogP contribution is -2.22. The van der Waals surface area contributed by atoms with Crippen molar-refractivity contribution in [3.05, 3.63) is 45.5 Å². The van der Waals surface area contributed by atoms with Crippen molar-refractivity contribution in [2.45, 2.75) is 4.21 Å². The molecule has 9 heteroatoms. The van der Waals surface area contributed by atoms with Crippen molar-refractivity contribution in [3.8, 4) is 0 Å². The average molecular weight is 360 g/mol. The van der Waals surface area contributed by atoms with Crippen molar-refractivity contribution in [1.29, 1.82) is 0 Å². The highest BCUT2D eigenvalue weighted by Gasteiger charge is 2.15. The first-order valence-corrected chi connectivity index (χ1v) is 9.32. The Hall–Kier alpha value is -1.35. The Labute approximate surface area is 134 Å². The third-order valence-corrected chi connectivity index (χ3v) is 6.83. The van der Waals surface area contributed by atoms with Gasteiger partial charge in [0.1, 0.15) is 4.21 Å². The van der Waals surface area contributed by atoms with Crippen LogP contribution in [-0.4, -0.2) is 13.0 Å². The van der Waals surface area contributed by atoms with Crippen LogP contribution < -0.4 is 9.63 Å². The van der Waals surface area contributed by atoms with Crippen molar-refractivity contribution < 1.29 is 8.42 Å². The number of hydrogen-bond donors (Lipinski definition) is 1. The van der Waals surface area contributed by atoms with Gasteiger partial charge in [-0.1, -0.05) is 35.1 Å². The van der Waals surface area contributed by atoms with E-state index in [0.717, 1.165) is 21.6 Å². The van der Waals surface area contributed by atoms with E-state index in [1.165, 1.54) is 17.4 Å². The molecule has 21 heavy (non-hydrogen) atoms. The van der Waals surface area contributed by atoms with Gasteiger partial charge in [-0.05, 0) is 24.3 Å². The zero-order valence-electron chi connectivity index (χ0n) is 10.8. The molecule has 0 unspecified atom stereocenters. The SMILES string of the molecule is Cn1/c(=N/NS(=O)(=O)c2ccc(Cl)s2)sc2ccccc21. The van der Waals surface area contributed by atoms with E-state index in [1.807, 2.05) is 35.9 Å². The van der Waals surface area contributed by atoms with E-state index in [9.17, 15) is 8.42 Å². The van der Waals surface area contributed by atoms with Gasteiger partial charge in [0.05, 0.1) is 14.6 Å². The highest BCUT2D eigenvalue weighted by Crippen LogP contribution is 2.25. The van der Waals surface area contributed by atoms with Crippen molar-refractivity contribution in [1.82, 2.24) is 9.40 Å². The smallest absolute Gasteiger partial charge is 0.286 e. The van der Waals surface area contributed by atoms with E-state index in [0.29, 0.717) is 9.14 Å². The van der Waals surface area contributed by atoms with Gasteiger partial charge in [0.15, 0.2) is 0 Å². The molecule has 5 nitrogen and oxygen atoms in total. The summed E-state index contributed by atoms with van der Waals surface area (Å²) in [6.45, 7) is 0. The molecule has 3 rings (SSSR count). The molecule has 0 radical (unpaired) electrons. The number of nitrogens with zero attached hydrogens (tertiary/aromatic N) is 2. The summed E-state index contributed by atoms with van der Waals surface area (Å²) in [5.41, 5.74) is 1.000. The van der Waals surface area contributed by atoms with E-state index >= 15 is 0 Å². The van der Waals surface area contributed by atoms with E-state index in [-0.39, 0.29) is 4.21 Å². The molecule has 0 aliphatic carbocycles. The Bertz CT molecular complexity index is 969. The summed E-state index contributed by atoms with van der Waals surface area (Å²) in [7, 11) is -1.84. The Balaban J connectivity index is 2.00. The molecule has 0 amide bonds. The fourth-order valence-electron chi connectivity index (χ4n) is 1.77. The molecule has 110 valence electrons. The predicted octanol–water partition coefficient (Wildman–Crippen LogP) is 2.75. The largest absolute Gasteiger partial charge is 0.318 e. The fourth-order valence-corrected chi connectivity index (χ4v) is 5.09. The summed E-state index contributed by atoms with van der Waals surface area (Å²) >= 11 is 8.16. The molecule has 0 aliphatic rings. The second kappa shape index (κ2) is 5.45. The highest BCUT2D eigenvalue weighted by molar-refractivity contribution is 7.91. The molecular weight excluding hydrogens is 350 g/mol. The van der Waals surface area contributed by atoms with Crippen molar-refractivity contribution in [3.63, 3.8) is 0 Å². The van der Waals surface area contributed by atoms with Crippen LogP contribution in [0.25, 0.3) is 10.2 Å². The maximum absolute atomic E-state index is 12.1. The number of nitrogens with one attached hydrogen (secondary N) is 1. The zero-order chi connectivity index (χ0) is 15.0. The molecule has 0 saturated carbocycles. The number of benzene rings is 1. The van der Waals surface area contributed by atoms with Gasteiger partial charge in [-0.3, -0.25) is 0 Å². The second-order valence-corrected chi connectivity index (χ2v) is 8.79. The third-order valence-electron chi connectivity index (χ3n) is 2.79. The first kappa shape index (κ1) is 14.6. The molecule has 3 aromatic rings. The monoisotopic (exact) mass is 359 g/mol. The van der Waals surface area contributed by atoms with Gasteiger partial charge in [-0.2, -0.15) is 13.2 Å². The van der Waals surface area contributed by atoms with Crippen LogP contribution in [0.5, 0.6) is 0 Å². The van der Waals surface area contributed by atoms with Gasteiger partial charge in [0.25, 0.3) is 10.0 Å². The Morgan fingerprint density at radius 3 is 2.62 bits per heavy atom. The number of rotatable bonds is 3. The molecule has 1 aromatic carbocycles. The van der Waals surface area contributed by atoms with Crippen LogP contribution in [0.2, 0.25) is 4.34 Å². The number of thiophene rings is 1. The topological polar surface area (TPSA) is 63.5 Å². The summed E-state index contributed by atoms with van der Waals surface area (Å²) in [6, 6.07) is 10.8. The van der Waals surface area contributed by atoms with Gasteiger partial charge >= 0.3 is 0 Å². The van der Waals surface area contributed by atoms with Crippen LogP contribution >= 0.6 is 34.3 Å². The maximum Gasteiger partial charge on any atom is 0.286 e. The molecular formula is C12H10ClN3O2S3. The molecule has 0 aliphatic heterocycles. The quantitative estimate of drug-likeness (QED) is 0.731. The number of thiazole rings is 1. The lowest BCUT2D eigenvalue weighted by Gasteiger charge is -1.99. The lowest BCUT2D eigenvalue weighted by atomic mass is 10.3. The fraction of sp³-hybridized carbons (Fsp3) is 0.0833. The Morgan fingerprint density at radius 1 is 1.19 bits per heavy atom. The standard InChI is InChI=1S/C12H10ClN3O2S3/c1-16-8-4-2-3-5-9(8)19-12(16)14-15-21(17,18)11-7-6-10(13)20-11/h2-7,15H,1H3/b14-12-. The van der Waals surface area contributed by atoms with Crippen LogP contribution in [-0.2, 0) is 17.1 Å². The van der Waals surface area contributed by atoms with Crippen LogP contribution in [0.1, 0.15) is 0 Å². The molecule has 1 N–H and O–H groups in total. The van der Waals surface area contributed by atoms with Crippen molar-refractivity contribution in [2.24, 2.45) is 12.1 Å².